The molecule has 0 aliphatic heterocycles. The van der Waals surface area contributed by atoms with Crippen molar-refractivity contribution < 1.29 is 4.92 Å². The molecular weight excluding hydrogens is 318 g/mol. The summed E-state index contributed by atoms with van der Waals surface area (Å²) in [4.78, 5) is 14.8. The molecule has 2 aromatic carbocycles. The fourth-order valence-corrected chi connectivity index (χ4v) is 2.72. The van der Waals surface area contributed by atoms with Gasteiger partial charge in [-0.25, -0.2) is 0 Å². The van der Waals surface area contributed by atoms with Crippen LogP contribution in [0.1, 0.15) is 0 Å². The molecule has 0 fully saturated rings. The molecule has 0 amide bonds. The second-order valence-electron chi connectivity index (χ2n) is 5.47. The van der Waals surface area contributed by atoms with Gasteiger partial charge in [-0.2, -0.15) is 5.10 Å². The van der Waals surface area contributed by atoms with Crippen LogP contribution < -0.4 is 5.32 Å². The van der Waals surface area contributed by atoms with Gasteiger partial charge in [0.15, 0.2) is 0 Å². The average molecular weight is 331 g/mol. The lowest BCUT2D eigenvalue weighted by Gasteiger charge is -2.07. The first-order valence-electron chi connectivity index (χ1n) is 7.61. The number of nitro benzene ring substituents is 1. The Bertz CT molecular complexity index is 1060. The normalized spacial score (nSPS) is 10.7. The van der Waals surface area contributed by atoms with Crippen molar-refractivity contribution in [3.05, 3.63) is 77.1 Å². The van der Waals surface area contributed by atoms with E-state index in [2.05, 4.69) is 20.5 Å². The predicted octanol–water partition coefficient (Wildman–Crippen LogP) is 4.28. The molecule has 0 aliphatic rings. The molecule has 2 heterocycles. The van der Waals surface area contributed by atoms with Crippen LogP contribution in [-0.4, -0.2) is 20.1 Å². The van der Waals surface area contributed by atoms with Crippen LogP contribution in [0.2, 0.25) is 0 Å². The van der Waals surface area contributed by atoms with Crippen LogP contribution in [0.25, 0.3) is 22.2 Å². The van der Waals surface area contributed by atoms with Gasteiger partial charge in [-0.1, -0.05) is 12.1 Å². The van der Waals surface area contributed by atoms with E-state index in [1.54, 1.807) is 30.6 Å². The lowest BCUT2D eigenvalue weighted by molar-refractivity contribution is -0.383. The van der Waals surface area contributed by atoms with Crippen LogP contribution in [0.4, 0.5) is 17.1 Å². The molecule has 0 saturated heterocycles. The number of pyridine rings is 1. The molecule has 25 heavy (non-hydrogen) atoms. The summed E-state index contributed by atoms with van der Waals surface area (Å²) in [7, 11) is 0. The van der Waals surface area contributed by atoms with Gasteiger partial charge in [-0.05, 0) is 36.4 Å². The Morgan fingerprint density at radius 3 is 2.64 bits per heavy atom. The van der Waals surface area contributed by atoms with Gasteiger partial charge < -0.3 is 5.32 Å². The molecule has 0 atom stereocenters. The molecule has 0 bridgehead atoms. The van der Waals surface area contributed by atoms with Crippen LogP contribution >= 0.6 is 0 Å². The van der Waals surface area contributed by atoms with Crippen LogP contribution in [0, 0.1) is 10.1 Å². The minimum absolute atomic E-state index is 0.0316. The molecule has 4 aromatic rings. The Morgan fingerprint density at radius 2 is 1.84 bits per heavy atom. The maximum Gasteiger partial charge on any atom is 0.292 e. The summed E-state index contributed by atoms with van der Waals surface area (Å²) < 4.78 is 0. The smallest absolute Gasteiger partial charge is 0.292 e. The zero-order chi connectivity index (χ0) is 17.2. The van der Waals surface area contributed by atoms with Crippen molar-refractivity contribution in [2.75, 3.05) is 5.32 Å². The van der Waals surface area contributed by atoms with Gasteiger partial charge in [0.05, 0.1) is 10.4 Å². The van der Waals surface area contributed by atoms with E-state index in [4.69, 9.17) is 0 Å². The third kappa shape index (κ3) is 2.78. The number of nitrogens with zero attached hydrogens (tertiary/aromatic N) is 3. The first-order valence-corrected chi connectivity index (χ1v) is 7.61. The number of hydrogen-bond donors (Lipinski definition) is 2. The number of H-pyrrole nitrogens is 1. The quantitative estimate of drug-likeness (QED) is 0.430. The van der Waals surface area contributed by atoms with Crippen molar-refractivity contribution in [2.24, 2.45) is 0 Å². The zero-order valence-electron chi connectivity index (χ0n) is 13.0. The SMILES string of the molecule is O=[N+]([O-])c1ccccc1Nc1ccc2[nH]nc(-c3ccncc3)c2c1. The van der Waals surface area contributed by atoms with E-state index in [1.165, 1.54) is 6.07 Å². The maximum absolute atomic E-state index is 11.2. The summed E-state index contributed by atoms with van der Waals surface area (Å²) in [5.41, 5.74) is 3.87. The van der Waals surface area contributed by atoms with Gasteiger partial charge in [-0.15, -0.1) is 0 Å². The minimum atomic E-state index is -0.402. The minimum Gasteiger partial charge on any atom is -0.350 e. The van der Waals surface area contributed by atoms with Crippen molar-refractivity contribution >= 4 is 28.0 Å². The third-order valence-corrected chi connectivity index (χ3v) is 3.90. The van der Waals surface area contributed by atoms with Crippen LogP contribution in [-0.2, 0) is 0 Å². The fourth-order valence-electron chi connectivity index (χ4n) is 2.72. The van der Waals surface area contributed by atoms with E-state index in [1.807, 2.05) is 30.3 Å². The number of nitrogens with one attached hydrogen (secondary N) is 2. The number of benzene rings is 2. The van der Waals surface area contributed by atoms with Gasteiger partial charge >= 0.3 is 0 Å². The number of anilines is 2. The zero-order valence-corrected chi connectivity index (χ0v) is 13.0. The van der Waals surface area contributed by atoms with E-state index < -0.39 is 4.92 Å². The van der Waals surface area contributed by atoms with Crippen molar-refractivity contribution in [3.63, 3.8) is 0 Å². The van der Waals surface area contributed by atoms with E-state index in [0.29, 0.717) is 5.69 Å². The van der Waals surface area contributed by atoms with Crippen LogP contribution in [0.5, 0.6) is 0 Å². The highest BCUT2D eigenvalue weighted by Gasteiger charge is 2.13. The molecule has 2 aromatic heterocycles. The van der Waals surface area contributed by atoms with Gasteiger partial charge in [0.2, 0.25) is 0 Å². The van der Waals surface area contributed by atoms with Gasteiger partial charge in [0.25, 0.3) is 5.69 Å². The first kappa shape index (κ1) is 14.8. The fraction of sp³-hybridized carbons (Fsp3) is 0. The molecule has 7 nitrogen and oxygen atoms in total. The standard InChI is InChI=1S/C18H13N5O2/c24-23(25)17-4-2-1-3-16(17)20-13-5-6-15-14(11-13)18(22-21-15)12-7-9-19-10-8-12/h1-11,20H,(H,21,22). The summed E-state index contributed by atoms with van der Waals surface area (Å²) >= 11 is 0. The number of fused-ring (bicyclic) bond motifs is 1. The second-order valence-corrected chi connectivity index (χ2v) is 5.47. The number of nitro groups is 1. The Morgan fingerprint density at radius 1 is 1.04 bits per heavy atom. The molecule has 0 unspecified atom stereocenters. The Labute approximate surface area is 142 Å². The molecule has 4 rings (SSSR count). The molecular formula is C18H13N5O2. The van der Waals surface area contributed by atoms with E-state index >= 15 is 0 Å². The highest BCUT2D eigenvalue weighted by molar-refractivity contribution is 5.95. The molecule has 7 heteroatoms. The summed E-state index contributed by atoms with van der Waals surface area (Å²) in [6.45, 7) is 0. The van der Waals surface area contributed by atoms with E-state index in [9.17, 15) is 10.1 Å². The predicted molar refractivity (Wildman–Crippen MR) is 95.7 cm³/mol. The van der Waals surface area contributed by atoms with Crippen molar-refractivity contribution in [1.29, 1.82) is 0 Å². The molecule has 122 valence electrons. The summed E-state index contributed by atoms with van der Waals surface area (Å²) in [6, 6.07) is 16.0. The van der Waals surface area contributed by atoms with Crippen molar-refractivity contribution in [2.45, 2.75) is 0 Å². The van der Waals surface area contributed by atoms with Crippen molar-refractivity contribution in [3.8, 4) is 11.3 Å². The van der Waals surface area contributed by atoms with E-state index in [0.717, 1.165) is 27.8 Å². The summed E-state index contributed by atoms with van der Waals surface area (Å²) in [5.74, 6) is 0. The Hall–Kier alpha value is -3.74. The van der Waals surface area contributed by atoms with Gasteiger partial charge in [0.1, 0.15) is 11.4 Å². The molecule has 2 N–H and O–H groups in total. The number of aromatic amines is 1. The first-order chi connectivity index (χ1) is 12.2. The topological polar surface area (TPSA) is 96.7 Å². The Kier molecular flexibility index (Phi) is 3.59. The molecule has 0 spiro atoms. The highest BCUT2D eigenvalue weighted by Crippen LogP contribution is 2.31. The lowest BCUT2D eigenvalue weighted by Crippen LogP contribution is -1.96. The summed E-state index contributed by atoms with van der Waals surface area (Å²) in [5, 5.41) is 22.6. The van der Waals surface area contributed by atoms with Gasteiger partial charge in [-0.3, -0.25) is 20.2 Å². The monoisotopic (exact) mass is 331 g/mol. The lowest BCUT2D eigenvalue weighted by atomic mass is 10.1. The van der Waals surface area contributed by atoms with E-state index in [-0.39, 0.29) is 5.69 Å². The molecule has 0 radical (unpaired) electrons. The average Bonchev–Trinajstić information content (AvgIpc) is 3.06. The molecule has 0 saturated carbocycles. The van der Waals surface area contributed by atoms with Gasteiger partial charge in [0, 0.05) is 35.1 Å². The number of hydrogen-bond acceptors (Lipinski definition) is 5. The van der Waals surface area contributed by atoms with Crippen LogP contribution in [0.15, 0.2) is 67.0 Å². The third-order valence-electron chi connectivity index (χ3n) is 3.90. The largest absolute Gasteiger partial charge is 0.350 e. The second kappa shape index (κ2) is 6.04. The Balaban J connectivity index is 1.76. The van der Waals surface area contributed by atoms with Crippen LogP contribution in [0.3, 0.4) is 0 Å². The number of aromatic nitrogens is 3. The highest BCUT2D eigenvalue weighted by atomic mass is 16.6. The maximum atomic E-state index is 11.2. The molecule has 0 aliphatic carbocycles. The van der Waals surface area contributed by atoms with Crippen molar-refractivity contribution in [1.82, 2.24) is 15.2 Å². The number of rotatable bonds is 4. The summed E-state index contributed by atoms with van der Waals surface area (Å²) in [6.07, 6.45) is 3.43. The number of para-hydroxylation sites is 2.